The van der Waals surface area contributed by atoms with Crippen LogP contribution >= 0.6 is 0 Å². The molecule has 0 aliphatic heterocycles. The smallest absolute Gasteiger partial charge is 0.449 e. The van der Waals surface area contributed by atoms with Crippen LogP contribution in [0.15, 0.2) is 24.3 Å². The van der Waals surface area contributed by atoms with Gasteiger partial charge >= 0.3 is 6.98 Å². The molecule has 0 heterocycles. The second-order valence-corrected chi connectivity index (χ2v) is 2.84. The maximum atomic E-state index is 11.9. The van der Waals surface area contributed by atoms with E-state index in [1.165, 1.54) is 0 Å². The van der Waals surface area contributed by atoms with Gasteiger partial charge in [0.05, 0.1) is 4.92 Å². The highest BCUT2D eigenvalue weighted by atomic mass is 19.4. The van der Waals surface area contributed by atoms with Gasteiger partial charge in [0.2, 0.25) is 0 Å². The first-order valence-electron chi connectivity index (χ1n) is 3.83. The van der Waals surface area contributed by atoms with Gasteiger partial charge in [-0.05, 0) is 0 Å². The van der Waals surface area contributed by atoms with Crippen molar-refractivity contribution in [3.63, 3.8) is 0 Å². The quantitative estimate of drug-likeness (QED) is 0.431. The number of hydrogen-bond donors (Lipinski definition) is 0. The van der Waals surface area contributed by atoms with E-state index in [-0.39, 0.29) is 11.3 Å². The highest BCUT2D eigenvalue weighted by molar-refractivity contribution is 6.57. The van der Waals surface area contributed by atoms with E-state index in [2.05, 4.69) is 0 Å². The first-order valence-corrected chi connectivity index (χ1v) is 3.83. The first-order chi connectivity index (χ1) is 6.38. The lowest BCUT2D eigenvalue weighted by molar-refractivity contribution is -0.384. The normalized spacial score (nSPS) is 11.4. The van der Waals surface area contributed by atoms with Gasteiger partial charge in [-0.15, -0.1) is 0 Å². The summed E-state index contributed by atoms with van der Waals surface area (Å²) in [5, 5.41) is 10.2. The number of nitrogens with zero attached hydrogens (tertiary/aromatic N) is 1. The second-order valence-electron chi connectivity index (χ2n) is 2.84. The number of benzene rings is 1. The van der Waals surface area contributed by atoms with Gasteiger partial charge in [0.25, 0.3) is 5.69 Å². The third kappa shape index (κ3) is 3.08. The lowest BCUT2D eigenvalue weighted by atomic mass is 9.82. The highest BCUT2D eigenvalue weighted by Gasteiger charge is 2.23. The topological polar surface area (TPSA) is 43.1 Å². The summed E-state index contributed by atoms with van der Waals surface area (Å²) in [4.78, 5) is 9.53. The molecule has 76 valence electrons. The molecule has 0 radical (unpaired) electrons. The Balaban J connectivity index is 2.79. The fraction of sp³-hybridized carbons (Fsp3) is 0.143. The van der Waals surface area contributed by atoms with E-state index in [9.17, 15) is 23.1 Å². The molecule has 7 heteroatoms. The molecule has 0 aliphatic rings. The first kappa shape index (κ1) is 10.6. The van der Waals surface area contributed by atoms with Crippen LogP contribution in [-0.2, 0) is 6.32 Å². The zero-order chi connectivity index (χ0) is 10.8. The number of nitro benzene ring substituents is 1. The van der Waals surface area contributed by atoms with E-state index >= 15 is 0 Å². The average Bonchev–Trinajstić information content (AvgIpc) is 2.02. The van der Waals surface area contributed by atoms with Crippen LogP contribution in [0.2, 0.25) is 0 Å². The summed E-state index contributed by atoms with van der Waals surface area (Å²) in [6, 6.07) is 4.37. The van der Waals surface area contributed by atoms with Crippen LogP contribution in [0.25, 0.3) is 0 Å². The van der Waals surface area contributed by atoms with Crippen molar-refractivity contribution in [1.29, 1.82) is 0 Å². The van der Waals surface area contributed by atoms with E-state index < -0.39 is 18.2 Å². The number of halogens is 3. The monoisotopic (exact) mass is 204 g/mol. The Labute approximate surface area is 77.8 Å². The predicted molar refractivity (Wildman–Crippen MR) is 45.9 cm³/mol. The van der Waals surface area contributed by atoms with Gasteiger partial charge in [-0.25, -0.2) is 0 Å². The molecule has 0 saturated carbocycles. The van der Waals surface area contributed by atoms with Gasteiger partial charge in [0.15, 0.2) is 0 Å². The van der Waals surface area contributed by atoms with Crippen LogP contribution in [-0.4, -0.2) is 11.9 Å². The molecule has 0 unspecified atom stereocenters. The summed E-state index contributed by atoms with van der Waals surface area (Å²) in [6.45, 7) is -4.88. The van der Waals surface area contributed by atoms with Crippen molar-refractivity contribution in [2.75, 3.05) is 0 Å². The van der Waals surface area contributed by atoms with Crippen molar-refractivity contribution in [3.8, 4) is 0 Å². The largest absolute Gasteiger partial charge is 0.482 e. The van der Waals surface area contributed by atoms with Crippen molar-refractivity contribution in [2.45, 2.75) is 6.32 Å². The lowest BCUT2D eigenvalue weighted by Gasteiger charge is -2.12. The molecular weight excluding hydrogens is 198 g/mol. The number of hydrogen-bond acceptors (Lipinski definition) is 2. The number of non-ortho nitro benzene ring substituents is 1. The molecule has 0 fully saturated rings. The molecule has 3 nitrogen and oxygen atoms in total. The summed E-state index contributed by atoms with van der Waals surface area (Å²) < 4.78 is 35.8. The summed E-state index contributed by atoms with van der Waals surface area (Å²) in [5.74, 6) is 0. The van der Waals surface area contributed by atoms with Gasteiger partial charge in [-0.3, -0.25) is 10.1 Å². The molecule has 0 amide bonds. The highest BCUT2D eigenvalue weighted by Crippen LogP contribution is 2.18. The van der Waals surface area contributed by atoms with Crippen LogP contribution in [0, 0.1) is 10.1 Å². The van der Waals surface area contributed by atoms with Crippen LogP contribution in [0.1, 0.15) is 5.56 Å². The van der Waals surface area contributed by atoms with Gasteiger partial charge in [-0.2, -0.15) is 0 Å². The van der Waals surface area contributed by atoms with Gasteiger partial charge in [0, 0.05) is 12.1 Å². The fourth-order valence-corrected chi connectivity index (χ4v) is 1.02. The molecular formula is C7H6BF3NO2-. The molecule has 0 aromatic heterocycles. The molecule has 0 aliphatic carbocycles. The molecule has 0 saturated heterocycles. The van der Waals surface area contributed by atoms with E-state index in [0.717, 1.165) is 24.3 Å². The molecule has 0 spiro atoms. The van der Waals surface area contributed by atoms with Crippen molar-refractivity contribution in [1.82, 2.24) is 0 Å². The third-order valence-corrected chi connectivity index (χ3v) is 1.61. The molecule has 1 aromatic carbocycles. The Morgan fingerprint density at radius 3 is 2.07 bits per heavy atom. The van der Waals surface area contributed by atoms with Crippen molar-refractivity contribution < 1.29 is 17.9 Å². The lowest BCUT2D eigenvalue weighted by Crippen LogP contribution is -2.19. The van der Waals surface area contributed by atoms with Crippen molar-refractivity contribution in [2.24, 2.45) is 0 Å². The zero-order valence-electron chi connectivity index (χ0n) is 6.99. The Hall–Kier alpha value is -1.53. The van der Waals surface area contributed by atoms with E-state index in [1.807, 2.05) is 0 Å². The molecule has 0 bridgehead atoms. The molecule has 0 atom stereocenters. The Morgan fingerprint density at radius 2 is 1.71 bits per heavy atom. The minimum atomic E-state index is -4.88. The minimum Gasteiger partial charge on any atom is -0.449 e. The van der Waals surface area contributed by atoms with Crippen LogP contribution in [0.3, 0.4) is 0 Å². The maximum absolute atomic E-state index is 11.9. The SMILES string of the molecule is O=[N+]([O-])c1ccc(C[B-](F)(F)F)cc1. The second kappa shape index (κ2) is 3.69. The summed E-state index contributed by atoms with van der Waals surface area (Å²) in [7, 11) is 0. The van der Waals surface area contributed by atoms with Crippen LogP contribution < -0.4 is 0 Å². The summed E-state index contributed by atoms with van der Waals surface area (Å²) in [5.41, 5.74) is -0.161. The fourth-order valence-electron chi connectivity index (χ4n) is 1.02. The average molecular weight is 204 g/mol. The predicted octanol–water partition coefficient (Wildman–Crippen LogP) is 2.52. The number of nitro groups is 1. The summed E-state index contributed by atoms with van der Waals surface area (Å²) >= 11 is 0. The van der Waals surface area contributed by atoms with Gasteiger partial charge in [0.1, 0.15) is 0 Å². The van der Waals surface area contributed by atoms with E-state index in [0.29, 0.717) is 0 Å². The minimum absolute atomic E-state index is 0.0445. The molecule has 14 heavy (non-hydrogen) atoms. The molecule has 0 N–H and O–H groups in total. The van der Waals surface area contributed by atoms with Crippen LogP contribution in [0.5, 0.6) is 0 Å². The summed E-state index contributed by atoms with van der Waals surface area (Å²) in [6.07, 6.45) is -1.00. The third-order valence-electron chi connectivity index (χ3n) is 1.61. The Morgan fingerprint density at radius 1 is 1.21 bits per heavy atom. The zero-order valence-corrected chi connectivity index (χ0v) is 6.99. The van der Waals surface area contributed by atoms with Gasteiger partial charge in [-0.1, -0.05) is 24.0 Å². The standard InChI is InChI=1S/C7H6BF3NO2/c9-8(10,11)5-6-1-3-7(4-2-6)12(13)14/h1-4H,5H2/q-1. The van der Waals surface area contributed by atoms with E-state index in [1.54, 1.807) is 0 Å². The van der Waals surface area contributed by atoms with E-state index in [4.69, 9.17) is 0 Å². The molecule has 1 rings (SSSR count). The van der Waals surface area contributed by atoms with Crippen molar-refractivity contribution >= 4 is 12.7 Å². The van der Waals surface area contributed by atoms with Crippen molar-refractivity contribution in [3.05, 3.63) is 39.9 Å². The maximum Gasteiger partial charge on any atom is 0.482 e. The number of rotatable bonds is 3. The Bertz CT molecular complexity index is 336. The Kier molecular flexibility index (Phi) is 2.78. The van der Waals surface area contributed by atoms with Crippen LogP contribution in [0.4, 0.5) is 18.6 Å². The van der Waals surface area contributed by atoms with Gasteiger partial charge < -0.3 is 12.9 Å². The molecule has 1 aromatic rings.